The van der Waals surface area contributed by atoms with Crippen LogP contribution in [0.1, 0.15) is 16.1 Å². The zero-order valence-electron chi connectivity index (χ0n) is 22.2. The van der Waals surface area contributed by atoms with Crippen LogP contribution in [0, 0.1) is 0 Å². The molecule has 3 heterocycles. The number of methoxy groups -OCH3 is 1. The molecule has 0 bridgehead atoms. The zero-order chi connectivity index (χ0) is 28.6. The number of fused-ring (bicyclic) bond motifs is 1. The van der Waals surface area contributed by atoms with Crippen molar-refractivity contribution in [2.45, 2.75) is 6.18 Å². The highest BCUT2D eigenvalue weighted by Crippen LogP contribution is 2.33. The Bertz CT molecular complexity index is 1710. The number of ether oxygens (including phenoxy) is 1. The average molecular weight is 558 g/mol. The molecule has 0 saturated carbocycles. The van der Waals surface area contributed by atoms with E-state index in [4.69, 9.17) is 14.8 Å². The summed E-state index contributed by atoms with van der Waals surface area (Å²) in [6.07, 6.45) is -4.41. The molecule has 1 amide bonds. The molecule has 1 saturated heterocycles. The molecule has 0 aliphatic carbocycles. The Balaban J connectivity index is 1.34. The fourth-order valence-corrected chi connectivity index (χ4v) is 5.08. The van der Waals surface area contributed by atoms with E-state index in [-0.39, 0.29) is 5.91 Å². The fourth-order valence-electron chi connectivity index (χ4n) is 5.08. The molecule has 5 aromatic rings. The van der Waals surface area contributed by atoms with Crippen molar-refractivity contribution in [2.24, 2.45) is 0 Å². The molecule has 2 aromatic heterocycles. The smallest absolute Gasteiger partial charge is 0.416 e. The van der Waals surface area contributed by atoms with Gasteiger partial charge in [0.1, 0.15) is 11.4 Å². The van der Waals surface area contributed by atoms with Crippen LogP contribution in [0.2, 0.25) is 0 Å². The summed E-state index contributed by atoms with van der Waals surface area (Å²) < 4.78 is 46.8. The van der Waals surface area contributed by atoms with Crippen molar-refractivity contribution < 1.29 is 22.7 Å². The van der Waals surface area contributed by atoms with E-state index in [1.807, 2.05) is 65.6 Å². The summed E-state index contributed by atoms with van der Waals surface area (Å²) in [4.78, 5) is 22.3. The largest absolute Gasteiger partial charge is 0.496 e. The Hall–Kier alpha value is -4.86. The molecule has 6 rings (SSSR count). The predicted octanol–water partition coefficient (Wildman–Crippen LogP) is 6.05. The first kappa shape index (κ1) is 26.4. The Labute approximate surface area is 234 Å². The Morgan fingerprint density at radius 3 is 2.29 bits per heavy atom. The maximum Gasteiger partial charge on any atom is 0.416 e. The molecule has 208 valence electrons. The normalized spacial score (nSPS) is 14.0. The molecule has 0 atom stereocenters. The molecule has 41 heavy (non-hydrogen) atoms. The van der Waals surface area contributed by atoms with E-state index in [0.29, 0.717) is 60.3 Å². The van der Waals surface area contributed by atoms with E-state index < -0.39 is 11.7 Å². The lowest BCUT2D eigenvalue weighted by molar-refractivity contribution is -0.137. The number of rotatable bonds is 5. The van der Waals surface area contributed by atoms with E-state index in [0.717, 1.165) is 23.3 Å². The molecule has 3 aromatic carbocycles. The highest BCUT2D eigenvalue weighted by atomic mass is 19.4. The number of hydrogen-bond donors (Lipinski definition) is 0. The molecular weight excluding hydrogens is 531 g/mol. The van der Waals surface area contributed by atoms with Gasteiger partial charge in [-0.15, -0.1) is 0 Å². The van der Waals surface area contributed by atoms with E-state index >= 15 is 0 Å². The molecule has 1 fully saturated rings. The van der Waals surface area contributed by atoms with Crippen molar-refractivity contribution in [1.82, 2.24) is 19.5 Å². The average Bonchev–Trinajstić information content (AvgIpc) is 3.45. The molecule has 7 nitrogen and oxygen atoms in total. The van der Waals surface area contributed by atoms with E-state index in [1.54, 1.807) is 28.7 Å². The number of anilines is 1. The number of piperazine rings is 1. The van der Waals surface area contributed by atoms with Gasteiger partial charge in [-0.25, -0.2) is 9.50 Å². The van der Waals surface area contributed by atoms with E-state index in [1.165, 1.54) is 6.07 Å². The lowest BCUT2D eigenvalue weighted by Crippen LogP contribution is -2.49. The first-order valence-electron chi connectivity index (χ1n) is 13.1. The van der Waals surface area contributed by atoms with Crippen molar-refractivity contribution in [2.75, 3.05) is 38.2 Å². The summed E-state index contributed by atoms with van der Waals surface area (Å²) in [6.45, 7) is 1.48. The predicted molar refractivity (Wildman–Crippen MR) is 150 cm³/mol. The van der Waals surface area contributed by atoms with E-state index in [2.05, 4.69) is 0 Å². The van der Waals surface area contributed by atoms with Crippen LogP contribution in [-0.2, 0) is 6.18 Å². The van der Waals surface area contributed by atoms with Gasteiger partial charge >= 0.3 is 6.18 Å². The lowest BCUT2D eigenvalue weighted by Gasteiger charge is -2.36. The van der Waals surface area contributed by atoms with Crippen LogP contribution < -0.4 is 9.64 Å². The molecule has 0 N–H and O–H groups in total. The third-order valence-electron chi connectivity index (χ3n) is 7.20. The standard InChI is InChI=1S/C31H26F3N5O2/c1-41-28-13-6-5-12-24(28)26-19-27(39-29(35-26)20-25(36-39)21-8-3-2-4-9-21)30(40)38-16-14-37(15-17-38)23-11-7-10-22(18-23)31(32,33)34/h2-13,18-20H,14-17H2,1H3. The number of amides is 1. The maximum atomic E-state index is 14.0. The molecule has 0 spiro atoms. The third kappa shape index (κ3) is 5.20. The fraction of sp³-hybridized carbons (Fsp3) is 0.194. The maximum absolute atomic E-state index is 14.0. The summed E-state index contributed by atoms with van der Waals surface area (Å²) in [5, 5.41) is 4.73. The number of alkyl halides is 3. The van der Waals surface area contributed by atoms with Gasteiger partial charge in [-0.3, -0.25) is 4.79 Å². The minimum absolute atomic E-state index is 0.236. The van der Waals surface area contributed by atoms with E-state index in [9.17, 15) is 18.0 Å². The molecule has 0 unspecified atom stereocenters. The number of hydrogen-bond acceptors (Lipinski definition) is 5. The summed E-state index contributed by atoms with van der Waals surface area (Å²) in [7, 11) is 1.58. The number of carbonyl (C=O) groups is 1. The minimum Gasteiger partial charge on any atom is -0.496 e. The van der Waals surface area contributed by atoms with Crippen molar-refractivity contribution in [3.05, 3.63) is 102 Å². The highest BCUT2D eigenvalue weighted by Gasteiger charge is 2.32. The molecular formula is C31H26F3N5O2. The first-order chi connectivity index (χ1) is 19.8. The Kier molecular flexibility index (Phi) is 6.82. The van der Waals surface area contributed by atoms with Gasteiger partial charge in [0.25, 0.3) is 5.91 Å². The number of nitrogens with zero attached hydrogens (tertiary/aromatic N) is 5. The third-order valence-corrected chi connectivity index (χ3v) is 7.20. The number of aromatic nitrogens is 3. The van der Waals surface area contributed by atoms with Crippen LogP contribution in [-0.4, -0.2) is 58.7 Å². The summed E-state index contributed by atoms with van der Waals surface area (Å²) in [6, 6.07) is 25.9. The summed E-state index contributed by atoms with van der Waals surface area (Å²) in [5.74, 6) is 0.389. The second-order valence-electron chi connectivity index (χ2n) is 9.72. The van der Waals surface area contributed by atoms with Crippen LogP contribution >= 0.6 is 0 Å². The van der Waals surface area contributed by atoms with Crippen molar-refractivity contribution >= 4 is 17.2 Å². The van der Waals surface area contributed by atoms with Gasteiger partial charge in [-0.05, 0) is 36.4 Å². The number of para-hydroxylation sites is 1. The molecule has 1 aliphatic heterocycles. The van der Waals surface area contributed by atoms with Gasteiger partial charge in [0.2, 0.25) is 0 Å². The van der Waals surface area contributed by atoms with Gasteiger partial charge in [-0.1, -0.05) is 48.5 Å². The zero-order valence-corrected chi connectivity index (χ0v) is 22.2. The van der Waals surface area contributed by atoms with Gasteiger partial charge < -0.3 is 14.5 Å². The molecule has 0 radical (unpaired) electrons. The van der Waals surface area contributed by atoms with Crippen LogP contribution in [0.15, 0.2) is 91.0 Å². The van der Waals surface area contributed by atoms with Crippen LogP contribution in [0.5, 0.6) is 5.75 Å². The number of benzene rings is 3. The Morgan fingerprint density at radius 1 is 0.829 bits per heavy atom. The van der Waals surface area contributed by atoms with Crippen LogP contribution in [0.3, 0.4) is 0 Å². The second-order valence-corrected chi connectivity index (χ2v) is 9.72. The number of halogens is 3. The van der Waals surface area contributed by atoms with Crippen molar-refractivity contribution in [1.29, 1.82) is 0 Å². The van der Waals surface area contributed by atoms with Crippen LogP contribution in [0.4, 0.5) is 18.9 Å². The number of carbonyl (C=O) groups excluding carboxylic acids is 1. The van der Waals surface area contributed by atoms with Gasteiger partial charge in [0, 0.05) is 49.1 Å². The topological polar surface area (TPSA) is 63.0 Å². The Morgan fingerprint density at radius 2 is 1.56 bits per heavy atom. The quantitative estimate of drug-likeness (QED) is 0.263. The first-order valence-corrected chi connectivity index (χ1v) is 13.1. The second kappa shape index (κ2) is 10.6. The minimum atomic E-state index is -4.41. The SMILES string of the molecule is COc1ccccc1-c1cc(C(=O)N2CCN(c3cccc(C(F)(F)F)c3)CC2)n2nc(-c3ccccc3)cc2n1. The van der Waals surface area contributed by atoms with Gasteiger partial charge in [-0.2, -0.15) is 18.3 Å². The molecule has 10 heteroatoms. The summed E-state index contributed by atoms with van der Waals surface area (Å²) in [5.41, 5.74) is 3.52. The lowest BCUT2D eigenvalue weighted by atomic mass is 10.1. The van der Waals surface area contributed by atoms with Gasteiger partial charge in [0.05, 0.1) is 24.1 Å². The monoisotopic (exact) mass is 557 g/mol. The van der Waals surface area contributed by atoms with Crippen LogP contribution in [0.25, 0.3) is 28.2 Å². The molecule has 1 aliphatic rings. The van der Waals surface area contributed by atoms with Crippen molar-refractivity contribution in [3.8, 4) is 28.3 Å². The van der Waals surface area contributed by atoms with Crippen molar-refractivity contribution in [3.63, 3.8) is 0 Å². The highest BCUT2D eigenvalue weighted by molar-refractivity contribution is 5.95. The van der Waals surface area contributed by atoms with Gasteiger partial charge in [0.15, 0.2) is 5.65 Å². The summed E-state index contributed by atoms with van der Waals surface area (Å²) >= 11 is 0.